The van der Waals surface area contributed by atoms with E-state index >= 15 is 0 Å². The predicted molar refractivity (Wildman–Crippen MR) is 120 cm³/mol. The average Bonchev–Trinajstić information content (AvgIpc) is 3.04. The first kappa shape index (κ1) is 18.3. The van der Waals surface area contributed by atoms with Crippen LogP contribution in [0.25, 0.3) is 28.2 Å². The van der Waals surface area contributed by atoms with E-state index in [1.807, 2.05) is 24.3 Å². The molecule has 2 heterocycles. The quantitative estimate of drug-likeness (QED) is 0.436. The minimum Gasteiger partial charge on any atom is -0.508 e. The van der Waals surface area contributed by atoms with Gasteiger partial charge in [0.2, 0.25) is 0 Å². The van der Waals surface area contributed by atoms with Gasteiger partial charge in [-0.25, -0.2) is 4.98 Å². The van der Waals surface area contributed by atoms with Crippen molar-refractivity contribution < 1.29 is 9.90 Å². The Kier molecular flexibility index (Phi) is 4.25. The predicted octanol–water partition coefficient (Wildman–Crippen LogP) is 4.35. The highest BCUT2D eigenvalue weighted by molar-refractivity contribution is 9.10. The van der Waals surface area contributed by atoms with Crippen LogP contribution in [0.2, 0.25) is 0 Å². The van der Waals surface area contributed by atoms with Crippen LogP contribution in [0.5, 0.6) is 5.75 Å². The van der Waals surface area contributed by atoms with Crippen molar-refractivity contribution in [1.82, 2.24) is 9.55 Å². The molecule has 0 unspecified atom stereocenters. The molecule has 3 aromatic carbocycles. The molecule has 0 bridgehead atoms. The highest BCUT2D eigenvalue weighted by Crippen LogP contribution is 2.35. The van der Waals surface area contributed by atoms with Crippen LogP contribution in [0.3, 0.4) is 0 Å². The van der Waals surface area contributed by atoms with Gasteiger partial charge in [-0.1, -0.05) is 28.1 Å². The van der Waals surface area contributed by atoms with Gasteiger partial charge in [0, 0.05) is 15.7 Å². The molecule has 4 aromatic rings. The summed E-state index contributed by atoms with van der Waals surface area (Å²) < 4.78 is 2.28. The summed E-state index contributed by atoms with van der Waals surface area (Å²) in [6.45, 7) is 0. The summed E-state index contributed by atoms with van der Waals surface area (Å²) in [7, 11) is 0. The largest absolute Gasteiger partial charge is 0.508 e. The third-order valence-electron chi connectivity index (χ3n) is 4.95. The maximum Gasteiger partial charge on any atom is 0.266 e. The molecule has 1 aliphatic heterocycles. The Balaban J connectivity index is 1.81. The number of para-hydroxylation sites is 1. The third-order valence-corrected chi connectivity index (χ3v) is 5.44. The summed E-state index contributed by atoms with van der Waals surface area (Å²) >= 11 is 3.44. The van der Waals surface area contributed by atoms with Crippen LogP contribution >= 0.6 is 15.9 Å². The first-order valence-electron chi connectivity index (χ1n) is 9.15. The molecule has 30 heavy (non-hydrogen) atoms. The lowest BCUT2D eigenvalue weighted by Gasteiger charge is -2.12. The monoisotopic (exact) mass is 459 g/mol. The van der Waals surface area contributed by atoms with Crippen LogP contribution in [0.1, 0.15) is 11.4 Å². The second-order valence-electron chi connectivity index (χ2n) is 6.85. The minimum absolute atomic E-state index is 0.0920. The fraction of sp³-hybridized carbons (Fsp3) is 0. The third kappa shape index (κ3) is 3.00. The Morgan fingerprint density at radius 2 is 1.77 bits per heavy atom. The van der Waals surface area contributed by atoms with Gasteiger partial charge >= 0.3 is 0 Å². The number of nitrogens with one attached hydrogen (secondary N) is 1. The summed E-state index contributed by atoms with van der Waals surface area (Å²) in [6, 6.07) is 18.9. The van der Waals surface area contributed by atoms with Crippen LogP contribution in [-0.2, 0) is 4.79 Å². The van der Waals surface area contributed by atoms with Crippen molar-refractivity contribution in [1.29, 1.82) is 0 Å². The molecular weight excluding hydrogens is 446 g/mol. The molecule has 1 aromatic heterocycles. The van der Waals surface area contributed by atoms with Crippen LogP contribution < -0.4 is 10.9 Å². The van der Waals surface area contributed by atoms with E-state index in [0.717, 1.165) is 10.0 Å². The number of phenolic OH excluding ortho intramolecular Hbond substituents is 1. The van der Waals surface area contributed by atoms with Crippen molar-refractivity contribution >= 4 is 50.1 Å². The molecular formula is C23H14BrN3O3. The number of anilines is 1. The van der Waals surface area contributed by atoms with Gasteiger partial charge < -0.3 is 10.4 Å². The maximum absolute atomic E-state index is 13.3. The van der Waals surface area contributed by atoms with Gasteiger partial charge in [0.05, 0.1) is 22.2 Å². The van der Waals surface area contributed by atoms with E-state index in [1.165, 1.54) is 16.7 Å². The molecule has 1 aliphatic rings. The number of carbonyl (C=O) groups excluding carboxylic acids is 1. The van der Waals surface area contributed by atoms with E-state index in [0.29, 0.717) is 33.7 Å². The molecule has 6 nitrogen and oxygen atoms in total. The Labute approximate surface area is 179 Å². The topological polar surface area (TPSA) is 84.2 Å². The molecule has 7 heteroatoms. The minimum atomic E-state index is -0.261. The van der Waals surface area contributed by atoms with Gasteiger partial charge in [0.1, 0.15) is 11.6 Å². The van der Waals surface area contributed by atoms with Crippen LogP contribution in [0, 0.1) is 0 Å². The number of fused-ring (bicyclic) bond motifs is 2. The number of halogens is 1. The molecule has 2 N–H and O–H groups in total. The van der Waals surface area contributed by atoms with Crippen LogP contribution in [0.4, 0.5) is 5.69 Å². The summed E-state index contributed by atoms with van der Waals surface area (Å²) in [5, 5.41) is 12.9. The maximum atomic E-state index is 13.3. The lowest BCUT2D eigenvalue weighted by Crippen LogP contribution is -2.22. The van der Waals surface area contributed by atoms with Crippen molar-refractivity contribution in [3.05, 3.63) is 92.9 Å². The van der Waals surface area contributed by atoms with Crippen molar-refractivity contribution in [2.75, 3.05) is 5.32 Å². The van der Waals surface area contributed by atoms with Crippen molar-refractivity contribution in [2.45, 2.75) is 0 Å². The smallest absolute Gasteiger partial charge is 0.266 e. The number of aromatic nitrogens is 2. The Bertz CT molecular complexity index is 1420. The molecule has 146 valence electrons. The van der Waals surface area contributed by atoms with E-state index in [9.17, 15) is 14.7 Å². The number of nitrogens with zero attached hydrogens (tertiary/aromatic N) is 2. The molecule has 0 radical (unpaired) electrons. The van der Waals surface area contributed by atoms with E-state index in [-0.39, 0.29) is 17.2 Å². The van der Waals surface area contributed by atoms with E-state index < -0.39 is 0 Å². The van der Waals surface area contributed by atoms with Gasteiger partial charge in [-0.15, -0.1) is 0 Å². The zero-order valence-electron chi connectivity index (χ0n) is 15.5. The van der Waals surface area contributed by atoms with Gasteiger partial charge in [-0.05, 0) is 60.7 Å². The summed E-state index contributed by atoms with van der Waals surface area (Å²) in [5.41, 5.74) is 2.67. The average molecular weight is 460 g/mol. The molecule has 0 spiro atoms. The summed E-state index contributed by atoms with van der Waals surface area (Å²) in [5.74, 6) is 0.152. The van der Waals surface area contributed by atoms with E-state index in [2.05, 4.69) is 26.2 Å². The van der Waals surface area contributed by atoms with Gasteiger partial charge in [-0.3, -0.25) is 14.2 Å². The number of hydrogen-bond acceptors (Lipinski definition) is 4. The zero-order chi connectivity index (χ0) is 20.8. The number of rotatable bonds is 2. The van der Waals surface area contributed by atoms with Crippen molar-refractivity contribution in [3.8, 4) is 11.4 Å². The Morgan fingerprint density at radius 3 is 2.57 bits per heavy atom. The fourth-order valence-electron chi connectivity index (χ4n) is 3.53. The molecule has 0 atom stereocenters. The van der Waals surface area contributed by atoms with Crippen molar-refractivity contribution in [2.24, 2.45) is 0 Å². The fourth-order valence-corrected chi connectivity index (χ4v) is 3.89. The summed E-state index contributed by atoms with van der Waals surface area (Å²) in [4.78, 5) is 30.6. The normalized spacial score (nSPS) is 14.2. The highest BCUT2D eigenvalue weighted by Gasteiger charge is 2.25. The molecule has 0 saturated carbocycles. The number of hydrogen-bond donors (Lipinski definition) is 2. The van der Waals surface area contributed by atoms with Gasteiger partial charge in [0.15, 0.2) is 0 Å². The first-order valence-corrected chi connectivity index (χ1v) is 9.95. The number of aromatic hydroxyl groups is 1. The van der Waals surface area contributed by atoms with E-state index in [4.69, 9.17) is 0 Å². The first-order chi connectivity index (χ1) is 14.5. The lowest BCUT2D eigenvalue weighted by atomic mass is 10.1. The Morgan fingerprint density at radius 1 is 1.00 bits per heavy atom. The van der Waals surface area contributed by atoms with Gasteiger partial charge in [0.25, 0.3) is 11.5 Å². The molecule has 1 amide bonds. The second kappa shape index (κ2) is 6.96. The summed E-state index contributed by atoms with van der Waals surface area (Å²) in [6.07, 6.45) is 1.62. The lowest BCUT2D eigenvalue weighted by molar-refractivity contribution is -0.110. The molecule has 0 fully saturated rings. The zero-order valence-corrected chi connectivity index (χ0v) is 17.1. The number of amides is 1. The SMILES string of the molecule is O=C1Nc2ccc(Br)cc2C1=Cc1nc2ccccc2c(=O)n1-c1ccc(O)cc1. The highest BCUT2D eigenvalue weighted by atomic mass is 79.9. The molecule has 0 aliphatic carbocycles. The number of benzene rings is 3. The van der Waals surface area contributed by atoms with Crippen LogP contribution in [0.15, 0.2) is 76.0 Å². The van der Waals surface area contributed by atoms with Gasteiger partial charge in [-0.2, -0.15) is 0 Å². The standard InChI is InChI=1S/C23H14BrN3O3/c24-13-5-10-20-17(11-13)18(22(29)26-20)12-21-25-19-4-2-1-3-16(19)23(30)27(21)14-6-8-15(28)9-7-14/h1-12,28H,(H,26,29). The van der Waals surface area contributed by atoms with Crippen molar-refractivity contribution in [3.63, 3.8) is 0 Å². The van der Waals surface area contributed by atoms with E-state index in [1.54, 1.807) is 36.4 Å². The molecule has 0 saturated heterocycles. The van der Waals surface area contributed by atoms with Crippen LogP contribution in [-0.4, -0.2) is 20.6 Å². The Hall–Kier alpha value is -3.71. The second-order valence-corrected chi connectivity index (χ2v) is 7.76. The number of carbonyl (C=O) groups is 1. The number of phenols is 1. The molecule has 5 rings (SSSR count).